The van der Waals surface area contributed by atoms with E-state index in [0.29, 0.717) is 21.9 Å². The van der Waals surface area contributed by atoms with Gasteiger partial charge >= 0.3 is 0 Å². The lowest BCUT2D eigenvalue weighted by Gasteiger charge is -2.02. The fraction of sp³-hybridized carbons (Fsp3) is 0.150. The molecule has 0 spiro atoms. The molecule has 2 aromatic heterocycles. The summed E-state index contributed by atoms with van der Waals surface area (Å²) in [4.78, 5) is 19.0. The van der Waals surface area contributed by atoms with E-state index in [0.717, 1.165) is 16.9 Å². The molecular weight excluding hydrogens is 378 g/mol. The standard InChI is InChI=1S/C20H17N3O2S2/c1-3-25-15-8-6-14(7-9-15)18-21-20-23(22-18)19(24)17(27-20)12-13-4-10-16(26-2)11-5-13/h4-12H,3H2,1-2H3/b17-12-. The van der Waals surface area contributed by atoms with Gasteiger partial charge in [-0.1, -0.05) is 23.5 Å². The zero-order chi connectivity index (χ0) is 18.8. The fourth-order valence-corrected chi connectivity index (χ4v) is 3.99. The molecule has 0 N–H and O–H groups in total. The maximum atomic E-state index is 12.7. The van der Waals surface area contributed by atoms with Gasteiger partial charge < -0.3 is 4.74 Å². The van der Waals surface area contributed by atoms with Crippen molar-refractivity contribution in [1.29, 1.82) is 0 Å². The van der Waals surface area contributed by atoms with Crippen LogP contribution >= 0.6 is 23.1 Å². The average molecular weight is 396 g/mol. The number of thioether (sulfide) groups is 1. The first kappa shape index (κ1) is 17.8. The van der Waals surface area contributed by atoms with E-state index in [4.69, 9.17) is 4.74 Å². The monoisotopic (exact) mass is 395 g/mol. The number of fused-ring (bicyclic) bond motifs is 1. The van der Waals surface area contributed by atoms with Gasteiger partial charge in [0.1, 0.15) is 5.75 Å². The third-order valence-electron chi connectivity index (χ3n) is 4.02. The molecule has 136 valence electrons. The molecule has 5 nitrogen and oxygen atoms in total. The average Bonchev–Trinajstić information content (AvgIpc) is 3.23. The van der Waals surface area contributed by atoms with Crippen molar-refractivity contribution in [1.82, 2.24) is 14.6 Å². The van der Waals surface area contributed by atoms with E-state index in [-0.39, 0.29) is 5.56 Å². The van der Waals surface area contributed by atoms with Crippen molar-refractivity contribution in [2.45, 2.75) is 11.8 Å². The zero-order valence-electron chi connectivity index (χ0n) is 14.9. The number of rotatable bonds is 5. The van der Waals surface area contributed by atoms with Crippen molar-refractivity contribution in [2.75, 3.05) is 12.9 Å². The van der Waals surface area contributed by atoms with Gasteiger partial charge in [0, 0.05) is 10.5 Å². The summed E-state index contributed by atoms with van der Waals surface area (Å²) in [6.07, 6.45) is 3.92. The number of hydrogen-bond acceptors (Lipinski definition) is 6. The number of thiazole rings is 1. The smallest absolute Gasteiger partial charge is 0.291 e. The van der Waals surface area contributed by atoms with Crippen LogP contribution in [0.5, 0.6) is 5.75 Å². The summed E-state index contributed by atoms with van der Waals surface area (Å²) < 4.78 is 7.45. The molecule has 0 unspecified atom stereocenters. The van der Waals surface area contributed by atoms with Gasteiger partial charge in [-0.25, -0.2) is 0 Å². The minimum absolute atomic E-state index is 0.145. The molecule has 0 fully saturated rings. The second-order valence-corrected chi connectivity index (χ2v) is 7.66. The highest BCUT2D eigenvalue weighted by atomic mass is 32.2. The Morgan fingerprint density at radius 3 is 2.52 bits per heavy atom. The molecule has 4 aromatic rings. The quantitative estimate of drug-likeness (QED) is 0.484. The number of ether oxygens (including phenoxy) is 1. The van der Waals surface area contributed by atoms with Crippen LogP contribution in [0.3, 0.4) is 0 Å². The van der Waals surface area contributed by atoms with Crippen LogP contribution in [-0.4, -0.2) is 27.5 Å². The van der Waals surface area contributed by atoms with Crippen molar-refractivity contribution >= 4 is 34.1 Å². The second kappa shape index (κ2) is 7.54. The van der Waals surface area contributed by atoms with E-state index in [2.05, 4.69) is 10.1 Å². The summed E-state index contributed by atoms with van der Waals surface area (Å²) in [6, 6.07) is 15.7. The number of aromatic nitrogens is 3. The van der Waals surface area contributed by atoms with Crippen LogP contribution in [0.15, 0.2) is 58.2 Å². The van der Waals surface area contributed by atoms with Gasteiger partial charge in [0.25, 0.3) is 5.56 Å². The van der Waals surface area contributed by atoms with Crippen LogP contribution in [-0.2, 0) is 0 Å². The Morgan fingerprint density at radius 1 is 1.15 bits per heavy atom. The summed E-state index contributed by atoms with van der Waals surface area (Å²) in [5.41, 5.74) is 1.70. The van der Waals surface area contributed by atoms with Gasteiger partial charge in [-0.2, -0.15) is 9.50 Å². The molecule has 0 aliphatic rings. The zero-order valence-corrected chi connectivity index (χ0v) is 16.5. The Balaban J connectivity index is 1.68. The lowest BCUT2D eigenvalue weighted by Crippen LogP contribution is -2.23. The summed E-state index contributed by atoms with van der Waals surface area (Å²) in [7, 11) is 0. The second-order valence-electron chi connectivity index (χ2n) is 5.78. The third kappa shape index (κ3) is 3.61. The minimum atomic E-state index is -0.145. The van der Waals surface area contributed by atoms with E-state index in [1.54, 1.807) is 11.8 Å². The minimum Gasteiger partial charge on any atom is -0.494 e. The Morgan fingerprint density at radius 2 is 1.89 bits per heavy atom. The Hall–Kier alpha value is -2.64. The Labute approximate surface area is 164 Å². The molecule has 2 aromatic carbocycles. The van der Waals surface area contributed by atoms with Crippen molar-refractivity contribution in [3.05, 3.63) is 69.0 Å². The maximum absolute atomic E-state index is 12.7. The Bertz CT molecular complexity index is 1180. The topological polar surface area (TPSA) is 56.5 Å². The largest absolute Gasteiger partial charge is 0.494 e. The van der Waals surface area contributed by atoms with Gasteiger partial charge in [-0.05, 0) is 61.2 Å². The van der Waals surface area contributed by atoms with Crippen LogP contribution in [0, 0.1) is 0 Å². The van der Waals surface area contributed by atoms with Crippen molar-refractivity contribution < 1.29 is 4.74 Å². The van der Waals surface area contributed by atoms with E-state index < -0.39 is 0 Å². The maximum Gasteiger partial charge on any atom is 0.291 e. The molecule has 0 bridgehead atoms. The highest BCUT2D eigenvalue weighted by Gasteiger charge is 2.12. The molecule has 0 radical (unpaired) electrons. The lowest BCUT2D eigenvalue weighted by atomic mass is 10.2. The van der Waals surface area contributed by atoms with Gasteiger partial charge in [0.05, 0.1) is 11.1 Å². The van der Waals surface area contributed by atoms with E-state index in [9.17, 15) is 4.79 Å². The van der Waals surface area contributed by atoms with Crippen LogP contribution in [0.1, 0.15) is 12.5 Å². The molecule has 0 amide bonds. The van der Waals surface area contributed by atoms with Crippen LogP contribution in [0.4, 0.5) is 0 Å². The van der Waals surface area contributed by atoms with Crippen LogP contribution in [0.2, 0.25) is 0 Å². The molecule has 0 saturated carbocycles. The van der Waals surface area contributed by atoms with Crippen LogP contribution in [0.25, 0.3) is 22.4 Å². The van der Waals surface area contributed by atoms with Crippen molar-refractivity contribution in [3.8, 4) is 17.1 Å². The van der Waals surface area contributed by atoms with Crippen molar-refractivity contribution in [2.24, 2.45) is 0 Å². The van der Waals surface area contributed by atoms with E-state index >= 15 is 0 Å². The highest BCUT2D eigenvalue weighted by molar-refractivity contribution is 7.98. The van der Waals surface area contributed by atoms with Gasteiger partial charge in [-0.15, -0.1) is 16.9 Å². The van der Waals surface area contributed by atoms with Crippen LogP contribution < -0.4 is 14.8 Å². The summed E-state index contributed by atoms with van der Waals surface area (Å²) in [6.45, 7) is 2.57. The molecule has 0 aliphatic carbocycles. The first-order chi connectivity index (χ1) is 13.2. The molecule has 4 rings (SSSR count). The molecule has 0 atom stereocenters. The number of nitrogens with zero attached hydrogens (tertiary/aromatic N) is 3. The molecule has 27 heavy (non-hydrogen) atoms. The summed E-state index contributed by atoms with van der Waals surface area (Å²) in [5, 5.41) is 4.39. The van der Waals surface area contributed by atoms with Gasteiger partial charge in [-0.3, -0.25) is 4.79 Å². The predicted molar refractivity (Wildman–Crippen MR) is 111 cm³/mol. The highest BCUT2D eigenvalue weighted by Crippen LogP contribution is 2.20. The predicted octanol–water partition coefficient (Wildman–Crippen LogP) is 3.49. The first-order valence-corrected chi connectivity index (χ1v) is 10.5. The Kier molecular flexibility index (Phi) is 4.96. The normalized spacial score (nSPS) is 12.0. The van der Waals surface area contributed by atoms with Gasteiger partial charge in [0.2, 0.25) is 4.96 Å². The number of benzene rings is 2. The summed E-state index contributed by atoms with van der Waals surface area (Å²) in [5.74, 6) is 1.34. The third-order valence-corrected chi connectivity index (χ3v) is 5.72. The van der Waals surface area contributed by atoms with E-state index in [1.807, 2.05) is 67.8 Å². The lowest BCUT2D eigenvalue weighted by molar-refractivity contribution is 0.340. The molecule has 7 heteroatoms. The SMILES string of the molecule is CCOc1ccc(-c2nc3s/c(=C\c4ccc(SC)cc4)c(=O)n3n2)cc1. The fourth-order valence-electron chi connectivity index (χ4n) is 2.67. The van der Waals surface area contributed by atoms with Gasteiger partial charge in [0.15, 0.2) is 5.82 Å². The number of hydrogen-bond donors (Lipinski definition) is 0. The summed E-state index contributed by atoms with van der Waals surface area (Å²) >= 11 is 3.04. The van der Waals surface area contributed by atoms with Crippen molar-refractivity contribution in [3.63, 3.8) is 0 Å². The first-order valence-electron chi connectivity index (χ1n) is 8.46. The van der Waals surface area contributed by atoms with E-state index in [1.165, 1.54) is 20.7 Å². The molecule has 0 aliphatic heterocycles. The molecular formula is C20H17N3O2S2. The molecule has 2 heterocycles. The molecule has 0 saturated heterocycles.